The summed E-state index contributed by atoms with van der Waals surface area (Å²) in [5.41, 5.74) is 0.197. The number of unbranched alkanes of at least 4 members (excludes halogenated alkanes) is 1. The van der Waals surface area contributed by atoms with E-state index in [4.69, 9.17) is 18.9 Å². The van der Waals surface area contributed by atoms with Gasteiger partial charge in [0.05, 0.1) is 23.8 Å². The van der Waals surface area contributed by atoms with E-state index in [1.165, 1.54) is 5.56 Å². The summed E-state index contributed by atoms with van der Waals surface area (Å²) in [6.07, 6.45) is 3.59. The molecule has 1 aromatic carbocycles. The van der Waals surface area contributed by atoms with E-state index in [1.54, 1.807) is 11.8 Å². The lowest BCUT2D eigenvalue weighted by molar-refractivity contribution is -0.267. The molecule has 1 amide bonds. The van der Waals surface area contributed by atoms with Crippen molar-refractivity contribution in [3.63, 3.8) is 0 Å². The predicted molar refractivity (Wildman–Crippen MR) is 212 cm³/mol. The molecule has 3 aliphatic rings. The van der Waals surface area contributed by atoms with Crippen LogP contribution in [-0.4, -0.2) is 76.3 Å². The maximum absolute atomic E-state index is 14.7. The largest absolute Gasteiger partial charge is 0.457 e. The molecule has 0 bridgehead atoms. The van der Waals surface area contributed by atoms with E-state index in [9.17, 15) is 19.2 Å². The van der Waals surface area contributed by atoms with Crippen molar-refractivity contribution in [3.8, 4) is 0 Å². The number of rotatable bonds is 9. The second-order valence-corrected chi connectivity index (χ2v) is 17.7. The number of nitrogens with zero attached hydrogens (tertiary/aromatic N) is 2. The van der Waals surface area contributed by atoms with Gasteiger partial charge in [0.25, 0.3) is 0 Å². The van der Waals surface area contributed by atoms with Crippen LogP contribution in [0.1, 0.15) is 120 Å². The number of benzene rings is 1. The van der Waals surface area contributed by atoms with E-state index in [1.807, 2.05) is 85.9 Å². The van der Waals surface area contributed by atoms with Gasteiger partial charge in [0, 0.05) is 41.8 Å². The number of aromatic nitrogens is 1. The molecule has 12 atom stereocenters. The number of fused-ring (bicyclic) bond motifs is 2. The molecule has 0 saturated carbocycles. The molecule has 0 radical (unpaired) electrons. The highest BCUT2D eigenvalue weighted by Crippen LogP contribution is 2.46. The van der Waals surface area contributed by atoms with Gasteiger partial charge in [-0.2, -0.15) is 0 Å². The second kappa shape index (κ2) is 17.4. The van der Waals surface area contributed by atoms with Crippen molar-refractivity contribution in [2.45, 2.75) is 157 Å². The number of cyclic esters (lactones) is 1. The van der Waals surface area contributed by atoms with Crippen molar-refractivity contribution in [3.05, 3.63) is 42.1 Å². The topological polar surface area (TPSA) is 121 Å². The summed E-state index contributed by atoms with van der Waals surface area (Å²) in [6, 6.07) is 9.44. The quantitative estimate of drug-likeness (QED) is 0.140. The fourth-order valence-electron chi connectivity index (χ4n) is 10.1. The Hall–Kier alpha value is -3.37. The molecule has 1 aromatic heterocycles. The lowest BCUT2D eigenvalue weighted by atomic mass is 9.68. The molecular formula is C45H66N2O8. The maximum Gasteiger partial charge on any atom is 0.410 e. The molecule has 10 heteroatoms. The molecule has 3 saturated heterocycles. The third kappa shape index (κ3) is 8.65. The molecule has 1 unspecified atom stereocenters. The highest BCUT2D eigenvalue weighted by molar-refractivity contribution is 6.00. The summed E-state index contributed by atoms with van der Waals surface area (Å²) in [6.45, 7) is 21.8. The van der Waals surface area contributed by atoms with Crippen LogP contribution in [0.3, 0.4) is 0 Å². The molecule has 0 N–H and O–H groups in total. The van der Waals surface area contributed by atoms with Crippen LogP contribution in [0, 0.1) is 40.9 Å². The summed E-state index contributed by atoms with van der Waals surface area (Å²) in [7, 11) is 0. The van der Waals surface area contributed by atoms with Gasteiger partial charge in [0.2, 0.25) is 0 Å². The minimum absolute atomic E-state index is 0.00121. The van der Waals surface area contributed by atoms with Crippen molar-refractivity contribution in [2.75, 3.05) is 6.54 Å². The van der Waals surface area contributed by atoms with Crippen molar-refractivity contribution in [1.82, 2.24) is 9.88 Å². The number of aryl methyl sites for hydroxylation is 1. The Labute approximate surface area is 328 Å². The van der Waals surface area contributed by atoms with Crippen LogP contribution in [0.15, 0.2) is 36.5 Å². The van der Waals surface area contributed by atoms with Crippen molar-refractivity contribution in [1.29, 1.82) is 0 Å². The van der Waals surface area contributed by atoms with E-state index in [0.717, 1.165) is 30.2 Å². The van der Waals surface area contributed by atoms with Crippen molar-refractivity contribution < 1.29 is 38.1 Å². The number of Topliss-reactive ketones (excluding diaryl/α,β-unsaturated/α-hetero) is 2. The zero-order valence-corrected chi connectivity index (χ0v) is 35.1. The molecule has 3 aliphatic heterocycles. The van der Waals surface area contributed by atoms with Crippen LogP contribution in [0.4, 0.5) is 4.79 Å². The molecule has 304 valence electrons. The number of pyridine rings is 1. The molecule has 4 heterocycles. The average molecular weight is 763 g/mol. The Morgan fingerprint density at radius 1 is 0.909 bits per heavy atom. The van der Waals surface area contributed by atoms with Crippen LogP contribution in [0.2, 0.25) is 0 Å². The first-order valence-corrected chi connectivity index (χ1v) is 20.9. The Balaban J connectivity index is 1.47. The lowest BCUT2D eigenvalue weighted by Gasteiger charge is -2.46. The first-order chi connectivity index (χ1) is 26.0. The molecule has 10 nitrogen and oxygen atoms in total. The Bertz CT molecular complexity index is 1690. The third-order valence-electron chi connectivity index (χ3n) is 13.3. The number of ketones is 2. The fourth-order valence-corrected chi connectivity index (χ4v) is 10.1. The Morgan fingerprint density at radius 2 is 1.62 bits per heavy atom. The van der Waals surface area contributed by atoms with Gasteiger partial charge in [-0.05, 0) is 87.8 Å². The normalized spacial score (nSPS) is 36.3. The van der Waals surface area contributed by atoms with Gasteiger partial charge < -0.3 is 23.8 Å². The molecule has 0 spiro atoms. The summed E-state index contributed by atoms with van der Waals surface area (Å²) >= 11 is 0. The van der Waals surface area contributed by atoms with E-state index < -0.39 is 71.3 Å². The van der Waals surface area contributed by atoms with Gasteiger partial charge in [-0.3, -0.25) is 19.4 Å². The van der Waals surface area contributed by atoms with Crippen LogP contribution < -0.4 is 0 Å². The van der Waals surface area contributed by atoms with Crippen LogP contribution in [0.25, 0.3) is 10.9 Å². The molecule has 55 heavy (non-hydrogen) atoms. The smallest absolute Gasteiger partial charge is 0.410 e. The van der Waals surface area contributed by atoms with Crippen LogP contribution in [0.5, 0.6) is 0 Å². The van der Waals surface area contributed by atoms with Gasteiger partial charge in [0.1, 0.15) is 17.8 Å². The zero-order chi connectivity index (χ0) is 40.4. The minimum Gasteiger partial charge on any atom is -0.457 e. The van der Waals surface area contributed by atoms with Crippen LogP contribution in [-0.2, 0) is 39.8 Å². The number of carbonyl (C=O) groups is 4. The van der Waals surface area contributed by atoms with Crippen molar-refractivity contribution in [2.24, 2.45) is 40.9 Å². The fraction of sp³-hybridized carbons (Fsp3) is 0.711. The molecular weight excluding hydrogens is 697 g/mol. The number of hydrogen-bond donors (Lipinski definition) is 0. The number of hydrogen-bond acceptors (Lipinski definition) is 9. The van der Waals surface area contributed by atoms with E-state index in [2.05, 4.69) is 24.9 Å². The number of ether oxygens (including phenoxy) is 4. The SMILES string of the molecule is CC[C@H]1OC(=O)[C@H](C)C(=O)[C@H](C)[C@@H](OC2O[C@H](C)C[C@H](C)[C@H]2C)C(C)(C)C[C@@H](C)C(=O)[C@H](C)[C@H]2N(CCCCc3ccnc4ccccc34)C(=O)O[C@]12CC. The lowest BCUT2D eigenvalue weighted by Crippen LogP contribution is -2.59. The highest BCUT2D eigenvalue weighted by Gasteiger charge is 2.61. The zero-order valence-electron chi connectivity index (χ0n) is 35.1. The number of amides is 1. The monoisotopic (exact) mass is 762 g/mol. The number of carbonyl (C=O) groups excluding carboxylic acids is 4. The summed E-state index contributed by atoms with van der Waals surface area (Å²) < 4.78 is 25.8. The Morgan fingerprint density at radius 3 is 2.31 bits per heavy atom. The predicted octanol–water partition coefficient (Wildman–Crippen LogP) is 8.75. The van der Waals surface area contributed by atoms with E-state index in [-0.39, 0.29) is 23.6 Å². The van der Waals surface area contributed by atoms with Crippen molar-refractivity contribution >= 4 is 34.5 Å². The first kappa shape index (κ1) is 42.8. The summed E-state index contributed by atoms with van der Waals surface area (Å²) in [5.74, 6) is -3.36. The van der Waals surface area contributed by atoms with E-state index >= 15 is 0 Å². The minimum atomic E-state index is -1.28. The average Bonchev–Trinajstić information content (AvgIpc) is 3.45. The number of para-hydroxylation sites is 1. The third-order valence-corrected chi connectivity index (χ3v) is 13.3. The van der Waals surface area contributed by atoms with Gasteiger partial charge in [-0.25, -0.2) is 4.79 Å². The first-order valence-electron chi connectivity index (χ1n) is 20.9. The number of esters is 1. The van der Waals surface area contributed by atoms with Gasteiger partial charge in [0.15, 0.2) is 17.7 Å². The summed E-state index contributed by atoms with van der Waals surface area (Å²) in [4.78, 5) is 63.2. The molecule has 2 aromatic rings. The van der Waals surface area contributed by atoms with Gasteiger partial charge in [-0.15, -0.1) is 0 Å². The standard InChI is InChI=1S/C45H66N2O8/c1-12-36-45(13-2)39(47(43(51)55-45)23-17-16-18-33-21-22-46-35-20-15-14-19-34(33)35)30(7)37(48)27(4)25-44(10,11)40(31(8)38(49)32(9)41(50)53-36)54-42-29(6)26(3)24-28(5)52-42/h14-15,19-22,26-32,36,39-40,42H,12-13,16-18,23-25H2,1-11H3/t26-,27+,28+,29+,30-,31-,32+,36+,39+,40+,42?,45+/m0/s1. The maximum atomic E-state index is 14.7. The second-order valence-electron chi connectivity index (χ2n) is 17.7. The molecule has 3 fully saturated rings. The highest BCUT2D eigenvalue weighted by atomic mass is 16.7. The molecule has 0 aliphatic carbocycles. The summed E-state index contributed by atoms with van der Waals surface area (Å²) in [5, 5.41) is 1.12. The van der Waals surface area contributed by atoms with E-state index in [0.29, 0.717) is 38.1 Å². The van der Waals surface area contributed by atoms with Gasteiger partial charge >= 0.3 is 12.1 Å². The van der Waals surface area contributed by atoms with Crippen LogP contribution >= 0.6 is 0 Å². The van der Waals surface area contributed by atoms with Gasteiger partial charge in [-0.1, -0.05) is 80.5 Å². The Kier molecular flexibility index (Phi) is 13.5. The molecule has 5 rings (SSSR count).